The second-order valence-corrected chi connectivity index (χ2v) is 17.6. The van der Waals surface area contributed by atoms with E-state index in [2.05, 4.69) is 251 Å². The van der Waals surface area contributed by atoms with Gasteiger partial charge < -0.3 is 14.0 Å². The first-order chi connectivity index (χ1) is 31.7. The van der Waals surface area contributed by atoms with Crippen LogP contribution in [0, 0.1) is 0 Å². The maximum Gasteiger partial charge on any atom is 0.0541 e. The molecule has 0 bridgehead atoms. The van der Waals surface area contributed by atoms with Gasteiger partial charge in [-0.05, 0) is 107 Å². The third kappa shape index (κ3) is 5.88. The third-order valence-electron chi connectivity index (χ3n) is 12.9. The van der Waals surface area contributed by atoms with Crippen molar-refractivity contribution in [2.75, 3.05) is 4.90 Å². The Morgan fingerprint density at radius 2 is 0.656 bits per heavy atom. The molecule has 0 N–H and O–H groups in total. The van der Waals surface area contributed by atoms with Gasteiger partial charge in [-0.3, -0.25) is 0 Å². The molecule has 0 aliphatic rings. The van der Waals surface area contributed by atoms with E-state index < -0.39 is 0 Å². The number of thiophene rings is 1. The standard InChI is InChI=1S/C60H39N3S/c1-2-14-40(15-3-1)41-26-31-44(32-27-41)61(45-33-28-42(29-34-45)43-30-35-60-54(36-43)53-20-8-13-25-59(53)64-60)46-37-47(62-55-21-9-4-16-49(55)50-17-5-10-22-56(50)62)39-48(38-46)63-57-23-11-6-18-51(57)52-19-7-12-24-58(52)63/h1-39H. The SMILES string of the molecule is c1ccc(-c2ccc(N(c3ccc(-c4ccc5sc6ccccc6c5c4)cc3)c3cc(-n4c5ccccc5c5ccccc54)cc(-n4c5ccccc5c5ccccc54)c3)cc2)cc1. The van der Waals surface area contributed by atoms with Crippen LogP contribution in [0.25, 0.3) is 97.4 Å². The summed E-state index contributed by atoms with van der Waals surface area (Å²) in [6.45, 7) is 0. The number of para-hydroxylation sites is 4. The molecule has 0 spiro atoms. The van der Waals surface area contributed by atoms with Crippen LogP contribution < -0.4 is 4.90 Å². The molecule has 3 heterocycles. The summed E-state index contributed by atoms with van der Waals surface area (Å²) in [7, 11) is 0. The average Bonchev–Trinajstić information content (AvgIpc) is 4.02. The summed E-state index contributed by atoms with van der Waals surface area (Å²) in [6, 6.07) is 86.6. The van der Waals surface area contributed by atoms with E-state index in [-0.39, 0.29) is 0 Å². The lowest BCUT2D eigenvalue weighted by Gasteiger charge is -2.28. The number of nitrogens with zero attached hydrogens (tertiary/aromatic N) is 3. The molecule has 0 aliphatic heterocycles. The van der Waals surface area contributed by atoms with Gasteiger partial charge in [-0.1, -0.05) is 152 Å². The number of aromatic nitrogens is 2. The minimum absolute atomic E-state index is 1.06. The number of fused-ring (bicyclic) bond motifs is 9. The van der Waals surface area contributed by atoms with Crippen LogP contribution in [-0.4, -0.2) is 9.13 Å². The molecule has 13 rings (SSSR count). The third-order valence-corrected chi connectivity index (χ3v) is 14.0. The van der Waals surface area contributed by atoms with E-state index in [1.807, 2.05) is 11.3 Å². The van der Waals surface area contributed by atoms with Crippen LogP contribution in [0.3, 0.4) is 0 Å². The van der Waals surface area contributed by atoms with E-state index in [9.17, 15) is 0 Å². The number of hydrogen-bond acceptors (Lipinski definition) is 2. The van der Waals surface area contributed by atoms with E-state index in [1.165, 1.54) is 86.0 Å². The lowest BCUT2D eigenvalue weighted by atomic mass is 10.0. The lowest BCUT2D eigenvalue weighted by molar-refractivity contribution is 1.12. The Hall–Kier alpha value is -8.18. The van der Waals surface area contributed by atoms with Crippen molar-refractivity contribution >= 4 is 92.2 Å². The highest BCUT2D eigenvalue weighted by molar-refractivity contribution is 7.25. The highest BCUT2D eigenvalue weighted by atomic mass is 32.1. The van der Waals surface area contributed by atoms with Crippen LogP contribution in [0.4, 0.5) is 17.1 Å². The zero-order valence-electron chi connectivity index (χ0n) is 34.8. The van der Waals surface area contributed by atoms with Gasteiger partial charge >= 0.3 is 0 Å². The second kappa shape index (κ2) is 14.7. The molecule has 10 aromatic carbocycles. The van der Waals surface area contributed by atoms with Crippen LogP contribution >= 0.6 is 11.3 Å². The van der Waals surface area contributed by atoms with Crippen LogP contribution in [-0.2, 0) is 0 Å². The van der Waals surface area contributed by atoms with E-state index in [0.717, 1.165) is 28.4 Å². The van der Waals surface area contributed by atoms with E-state index in [0.29, 0.717) is 0 Å². The Morgan fingerprint density at radius 3 is 1.17 bits per heavy atom. The Bertz CT molecular complexity index is 3650. The monoisotopic (exact) mass is 833 g/mol. The molecule has 300 valence electrons. The summed E-state index contributed by atoms with van der Waals surface area (Å²) < 4.78 is 7.52. The maximum absolute atomic E-state index is 2.44. The fourth-order valence-corrected chi connectivity index (χ4v) is 11.0. The van der Waals surface area contributed by atoms with Gasteiger partial charge in [-0.15, -0.1) is 11.3 Å². The summed E-state index contributed by atoms with van der Waals surface area (Å²) in [5.74, 6) is 0. The molecule has 0 aliphatic carbocycles. The second-order valence-electron chi connectivity index (χ2n) is 16.6. The van der Waals surface area contributed by atoms with Crippen molar-refractivity contribution in [2.24, 2.45) is 0 Å². The van der Waals surface area contributed by atoms with E-state index in [1.54, 1.807) is 0 Å². The Kier molecular flexibility index (Phi) is 8.40. The van der Waals surface area contributed by atoms with Crippen molar-refractivity contribution in [3.63, 3.8) is 0 Å². The summed E-state index contributed by atoms with van der Waals surface area (Å²) in [4.78, 5) is 2.42. The number of benzene rings is 10. The van der Waals surface area contributed by atoms with Gasteiger partial charge in [0, 0.05) is 53.1 Å². The van der Waals surface area contributed by atoms with Crippen molar-refractivity contribution in [2.45, 2.75) is 0 Å². The summed E-state index contributed by atoms with van der Waals surface area (Å²) in [5.41, 5.74) is 14.9. The molecule has 0 saturated heterocycles. The normalized spacial score (nSPS) is 11.8. The molecule has 0 saturated carbocycles. The fraction of sp³-hybridized carbons (Fsp3) is 0. The summed E-state index contributed by atoms with van der Waals surface area (Å²) >= 11 is 1.86. The minimum Gasteiger partial charge on any atom is -0.310 e. The molecular weight excluding hydrogens is 795 g/mol. The highest BCUT2D eigenvalue weighted by Gasteiger charge is 2.21. The predicted octanol–water partition coefficient (Wildman–Crippen LogP) is 17.1. The smallest absolute Gasteiger partial charge is 0.0541 e. The minimum atomic E-state index is 1.06. The van der Waals surface area contributed by atoms with Gasteiger partial charge in [0.05, 0.1) is 39.1 Å². The molecule has 0 fully saturated rings. The summed E-state index contributed by atoms with van der Waals surface area (Å²) in [5, 5.41) is 7.56. The summed E-state index contributed by atoms with van der Waals surface area (Å²) in [6.07, 6.45) is 0. The first-order valence-corrected chi connectivity index (χ1v) is 22.6. The molecule has 3 aromatic heterocycles. The van der Waals surface area contributed by atoms with Crippen LogP contribution in [0.1, 0.15) is 0 Å². The zero-order valence-corrected chi connectivity index (χ0v) is 35.6. The predicted molar refractivity (Wildman–Crippen MR) is 274 cm³/mol. The Morgan fingerprint density at radius 1 is 0.266 bits per heavy atom. The Balaban J connectivity index is 1.05. The molecule has 0 amide bonds. The van der Waals surface area contributed by atoms with Gasteiger partial charge in [-0.2, -0.15) is 0 Å². The van der Waals surface area contributed by atoms with Crippen LogP contribution in [0.5, 0.6) is 0 Å². The highest BCUT2D eigenvalue weighted by Crippen LogP contribution is 2.43. The molecule has 64 heavy (non-hydrogen) atoms. The van der Waals surface area contributed by atoms with Gasteiger partial charge in [0.15, 0.2) is 0 Å². The molecular formula is C60H39N3S. The molecule has 0 atom stereocenters. The van der Waals surface area contributed by atoms with Gasteiger partial charge in [0.2, 0.25) is 0 Å². The Labute approximate surface area is 374 Å². The molecule has 4 heteroatoms. The lowest BCUT2D eigenvalue weighted by Crippen LogP contribution is -2.12. The van der Waals surface area contributed by atoms with Crippen molar-refractivity contribution in [3.05, 3.63) is 237 Å². The van der Waals surface area contributed by atoms with Gasteiger partial charge in [0.25, 0.3) is 0 Å². The number of anilines is 3. The molecule has 13 aromatic rings. The molecule has 3 nitrogen and oxygen atoms in total. The van der Waals surface area contributed by atoms with Crippen molar-refractivity contribution in [3.8, 4) is 33.6 Å². The first-order valence-electron chi connectivity index (χ1n) is 21.8. The first kappa shape index (κ1) is 36.5. The van der Waals surface area contributed by atoms with Gasteiger partial charge in [-0.25, -0.2) is 0 Å². The topological polar surface area (TPSA) is 13.1 Å². The average molecular weight is 834 g/mol. The number of hydrogen-bond donors (Lipinski definition) is 0. The van der Waals surface area contributed by atoms with E-state index in [4.69, 9.17) is 0 Å². The molecule has 0 unspecified atom stereocenters. The van der Waals surface area contributed by atoms with Crippen molar-refractivity contribution < 1.29 is 0 Å². The quantitative estimate of drug-likeness (QED) is 0.156. The van der Waals surface area contributed by atoms with Crippen molar-refractivity contribution in [1.29, 1.82) is 0 Å². The maximum atomic E-state index is 2.44. The molecule has 0 radical (unpaired) electrons. The van der Waals surface area contributed by atoms with Crippen molar-refractivity contribution in [1.82, 2.24) is 9.13 Å². The largest absolute Gasteiger partial charge is 0.310 e. The van der Waals surface area contributed by atoms with E-state index >= 15 is 0 Å². The zero-order chi connectivity index (χ0) is 42.1. The van der Waals surface area contributed by atoms with Crippen LogP contribution in [0.15, 0.2) is 237 Å². The fourth-order valence-electron chi connectivity index (χ4n) is 9.96. The van der Waals surface area contributed by atoms with Crippen LogP contribution in [0.2, 0.25) is 0 Å². The number of rotatable bonds is 7. The van der Waals surface area contributed by atoms with Gasteiger partial charge in [0.1, 0.15) is 0 Å².